The molecule has 0 saturated carbocycles. The van der Waals surface area contributed by atoms with Crippen molar-refractivity contribution in [3.63, 3.8) is 0 Å². The lowest BCUT2D eigenvalue weighted by Gasteiger charge is -2.35. The average molecular weight is 687 g/mol. The van der Waals surface area contributed by atoms with Gasteiger partial charge in [0.25, 0.3) is 0 Å². The van der Waals surface area contributed by atoms with Crippen molar-refractivity contribution in [1.82, 2.24) is 19.9 Å². The molecule has 1 aliphatic carbocycles. The van der Waals surface area contributed by atoms with Crippen LogP contribution in [0, 0.1) is 0 Å². The van der Waals surface area contributed by atoms with Crippen LogP contribution in [-0.2, 0) is 16.2 Å². The Labute approximate surface area is 311 Å². The van der Waals surface area contributed by atoms with Gasteiger partial charge in [0.1, 0.15) is 0 Å². The van der Waals surface area contributed by atoms with Crippen molar-refractivity contribution in [3.8, 4) is 33.6 Å². The number of hydrogen-bond donors (Lipinski definition) is 0. The zero-order chi connectivity index (χ0) is 36.5. The number of aromatic nitrogens is 4. The van der Waals surface area contributed by atoms with E-state index in [4.69, 9.17) is 19.9 Å². The Hall–Kier alpha value is -6.00. The summed E-state index contributed by atoms with van der Waals surface area (Å²) in [5, 5.41) is 2.15. The molecule has 4 heteroatoms. The molecule has 0 radical (unpaired) electrons. The van der Waals surface area contributed by atoms with Gasteiger partial charge in [-0.25, -0.2) is 0 Å². The molecule has 0 unspecified atom stereocenters. The lowest BCUT2D eigenvalue weighted by atomic mass is 9.66. The molecule has 0 atom stereocenters. The molecule has 9 rings (SSSR count). The standard InChI is InChI=1S/C49H42N4/c1-47(2,3)31-19-23-52-45(27-31)39-25-33(29-43-37(39)15-11-21-50-43)49(41-17-9-7-13-35(41)36-14-8-10-18-42(36)49)34-26-40(38-16-12-22-51-44(38)30-34)46-28-32(20-24-53-46)48(4,5)6/h7-30H,1-6H3. The molecule has 4 heterocycles. The van der Waals surface area contributed by atoms with Crippen molar-refractivity contribution in [3.05, 3.63) is 179 Å². The van der Waals surface area contributed by atoms with Gasteiger partial charge in [-0.1, -0.05) is 102 Å². The van der Waals surface area contributed by atoms with Gasteiger partial charge in [0.15, 0.2) is 0 Å². The van der Waals surface area contributed by atoms with E-state index in [1.165, 1.54) is 33.4 Å². The van der Waals surface area contributed by atoms with Crippen LogP contribution in [0.1, 0.15) is 74.9 Å². The van der Waals surface area contributed by atoms with Gasteiger partial charge in [-0.05, 0) is 116 Å². The third-order valence-corrected chi connectivity index (χ3v) is 11.1. The first kappa shape index (κ1) is 32.9. The van der Waals surface area contributed by atoms with Gasteiger partial charge in [-0.2, -0.15) is 0 Å². The molecule has 4 aromatic carbocycles. The van der Waals surface area contributed by atoms with Crippen LogP contribution in [0.25, 0.3) is 55.4 Å². The molecule has 1 aliphatic rings. The van der Waals surface area contributed by atoms with E-state index in [1.54, 1.807) is 0 Å². The maximum absolute atomic E-state index is 5.00. The minimum Gasteiger partial charge on any atom is -0.256 e. The van der Waals surface area contributed by atoms with E-state index in [-0.39, 0.29) is 10.8 Å². The van der Waals surface area contributed by atoms with Crippen molar-refractivity contribution in [1.29, 1.82) is 0 Å². The normalized spacial score (nSPS) is 13.6. The van der Waals surface area contributed by atoms with E-state index >= 15 is 0 Å². The van der Waals surface area contributed by atoms with Gasteiger partial charge in [0.05, 0.1) is 27.8 Å². The smallest absolute Gasteiger partial charge is 0.0715 e. The van der Waals surface area contributed by atoms with Crippen LogP contribution in [0.3, 0.4) is 0 Å². The second-order valence-corrected chi connectivity index (χ2v) is 16.4. The minimum atomic E-state index is -0.697. The lowest BCUT2D eigenvalue weighted by Crippen LogP contribution is -2.29. The van der Waals surface area contributed by atoms with E-state index in [0.717, 1.165) is 55.4 Å². The molecule has 8 aromatic rings. The summed E-state index contributed by atoms with van der Waals surface area (Å²) in [7, 11) is 0. The quantitative estimate of drug-likeness (QED) is 0.185. The first-order valence-corrected chi connectivity index (χ1v) is 18.5. The van der Waals surface area contributed by atoms with Gasteiger partial charge in [0, 0.05) is 46.7 Å². The molecule has 0 saturated heterocycles. The fourth-order valence-corrected chi connectivity index (χ4v) is 8.33. The first-order valence-electron chi connectivity index (χ1n) is 18.5. The molecule has 0 aliphatic heterocycles. The maximum Gasteiger partial charge on any atom is 0.0715 e. The Balaban J connectivity index is 1.42. The summed E-state index contributed by atoms with van der Waals surface area (Å²) in [4.78, 5) is 20.0. The monoisotopic (exact) mass is 686 g/mol. The van der Waals surface area contributed by atoms with Crippen LogP contribution in [0.5, 0.6) is 0 Å². The van der Waals surface area contributed by atoms with Crippen molar-refractivity contribution in [2.75, 3.05) is 0 Å². The van der Waals surface area contributed by atoms with Gasteiger partial charge in [-0.15, -0.1) is 0 Å². The predicted molar refractivity (Wildman–Crippen MR) is 218 cm³/mol. The molecule has 258 valence electrons. The summed E-state index contributed by atoms with van der Waals surface area (Å²) in [6.45, 7) is 13.5. The van der Waals surface area contributed by atoms with E-state index in [0.29, 0.717) is 0 Å². The lowest BCUT2D eigenvalue weighted by molar-refractivity contribution is 0.589. The van der Waals surface area contributed by atoms with Gasteiger partial charge < -0.3 is 0 Å². The summed E-state index contributed by atoms with van der Waals surface area (Å²) in [6.07, 6.45) is 7.68. The van der Waals surface area contributed by atoms with Crippen LogP contribution in [-0.4, -0.2) is 19.9 Å². The molecule has 0 spiro atoms. The highest BCUT2D eigenvalue weighted by atomic mass is 14.7. The van der Waals surface area contributed by atoms with E-state index < -0.39 is 5.41 Å². The second kappa shape index (κ2) is 12.0. The summed E-state index contributed by atoms with van der Waals surface area (Å²) in [5.74, 6) is 0. The number of nitrogens with zero attached hydrogens (tertiary/aromatic N) is 4. The van der Waals surface area contributed by atoms with E-state index in [1.807, 2.05) is 36.9 Å². The van der Waals surface area contributed by atoms with Crippen molar-refractivity contribution >= 4 is 21.8 Å². The second-order valence-electron chi connectivity index (χ2n) is 16.4. The van der Waals surface area contributed by atoms with Crippen molar-refractivity contribution in [2.24, 2.45) is 0 Å². The molecular weight excluding hydrogens is 645 g/mol. The summed E-state index contributed by atoms with van der Waals surface area (Å²) in [6, 6.07) is 44.3. The minimum absolute atomic E-state index is 0.0270. The third kappa shape index (κ3) is 5.27. The molecule has 0 N–H and O–H groups in total. The Morgan fingerprint density at radius 1 is 0.396 bits per heavy atom. The number of pyridine rings is 4. The summed E-state index contributed by atoms with van der Waals surface area (Å²) in [5.41, 5.74) is 14.8. The fourth-order valence-electron chi connectivity index (χ4n) is 8.33. The van der Waals surface area contributed by atoms with E-state index in [2.05, 4.69) is 151 Å². The summed E-state index contributed by atoms with van der Waals surface area (Å²) >= 11 is 0. The van der Waals surface area contributed by atoms with Crippen LogP contribution in [0.2, 0.25) is 0 Å². The van der Waals surface area contributed by atoms with Gasteiger partial charge >= 0.3 is 0 Å². The highest BCUT2D eigenvalue weighted by molar-refractivity contribution is 5.99. The molecule has 4 nitrogen and oxygen atoms in total. The third-order valence-electron chi connectivity index (χ3n) is 11.1. The average Bonchev–Trinajstić information content (AvgIpc) is 3.47. The zero-order valence-corrected chi connectivity index (χ0v) is 31.1. The molecular formula is C49H42N4. The van der Waals surface area contributed by atoms with Crippen LogP contribution >= 0.6 is 0 Å². The highest BCUT2D eigenvalue weighted by Gasteiger charge is 2.47. The Morgan fingerprint density at radius 3 is 1.26 bits per heavy atom. The van der Waals surface area contributed by atoms with Crippen molar-refractivity contribution in [2.45, 2.75) is 57.8 Å². The van der Waals surface area contributed by atoms with Crippen LogP contribution < -0.4 is 0 Å². The molecule has 0 amide bonds. The first-order chi connectivity index (χ1) is 25.5. The van der Waals surface area contributed by atoms with Gasteiger partial charge in [0.2, 0.25) is 0 Å². The molecule has 0 fully saturated rings. The SMILES string of the molecule is CC(C)(C)c1ccnc(-c2cc(C3(c4cc(-c5cc(C(C)(C)C)ccn5)c5cccnc5c4)c4ccccc4-c4ccccc43)cc3ncccc23)c1. The largest absolute Gasteiger partial charge is 0.256 e. The Bertz CT molecular complexity index is 2520. The van der Waals surface area contributed by atoms with Crippen LogP contribution in [0.4, 0.5) is 0 Å². The molecule has 0 bridgehead atoms. The predicted octanol–water partition coefficient (Wildman–Crippen LogP) is 11.9. The molecule has 53 heavy (non-hydrogen) atoms. The number of rotatable bonds is 4. The summed E-state index contributed by atoms with van der Waals surface area (Å²) < 4.78 is 0. The zero-order valence-electron chi connectivity index (χ0n) is 31.1. The Kier molecular flexibility index (Phi) is 7.46. The number of fused-ring (bicyclic) bond motifs is 5. The van der Waals surface area contributed by atoms with Gasteiger partial charge in [-0.3, -0.25) is 19.9 Å². The van der Waals surface area contributed by atoms with Crippen LogP contribution in [0.15, 0.2) is 146 Å². The maximum atomic E-state index is 5.00. The fraction of sp³-hybridized carbons (Fsp3) is 0.184. The number of benzene rings is 4. The van der Waals surface area contributed by atoms with E-state index in [9.17, 15) is 0 Å². The Morgan fingerprint density at radius 2 is 0.830 bits per heavy atom. The van der Waals surface area contributed by atoms with Crippen molar-refractivity contribution < 1.29 is 0 Å². The highest BCUT2D eigenvalue weighted by Crippen LogP contribution is 2.57. The topological polar surface area (TPSA) is 51.6 Å². The number of hydrogen-bond acceptors (Lipinski definition) is 4. The molecule has 4 aromatic heterocycles.